The van der Waals surface area contributed by atoms with Crippen LogP contribution in [0.3, 0.4) is 0 Å². The third-order valence-corrected chi connectivity index (χ3v) is 5.35. The number of fused-ring (bicyclic) bond motifs is 1. The Morgan fingerprint density at radius 2 is 1.94 bits per heavy atom. The molecule has 2 aromatic heterocycles. The molecule has 3 aromatic rings. The number of halogens is 3. The summed E-state index contributed by atoms with van der Waals surface area (Å²) < 4.78 is 42.4. The van der Waals surface area contributed by atoms with E-state index < -0.39 is 29.4 Å². The molecule has 31 heavy (non-hydrogen) atoms. The number of aryl methyl sites for hydroxylation is 1. The first-order valence-electron chi connectivity index (χ1n) is 9.48. The summed E-state index contributed by atoms with van der Waals surface area (Å²) in [6.07, 6.45) is 11.1. The lowest BCUT2D eigenvalue weighted by molar-refractivity contribution is 0.146. The first kappa shape index (κ1) is 20.5. The second kappa shape index (κ2) is 7.48. The van der Waals surface area contributed by atoms with Gasteiger partial charge >= 0.3 is 0 Å². The van der Waals surface area contributed by atoms with Crippen molar-refractivity contribution in [2.75, 3.05) is 5.32 Å². The quantitative estimate of drug-likeness (QED) is 0.630. The first-order valence-corrected chi connectivity index (χ1v) is 9.48. The summed E-state index contributed by atoms with van der Waals surface area (Å²) in [5, 5.41) is 3.39. The van der Waals surface area contributed by atoms with E-state index in [1.807, 2.05) is 0 Å². The minimum atomic E-state index is -2.98. The van der Waals surface area contributed by atoms with Gasteiger partial charge in [-0.3, -0.25) is 9.36 Å². The van der Waals surface area contributed by atoms with Crippen LogP contribution in [0.15, 0.2) is 35.3 Å². The topological polar surface area (TPSA) is 59.8 Å². The number of hydrogen-bond acceptors (Lipinski definition) is 4. The van der Waals surface area contributed by atoms with Crippen molar-refractivity contribution < 1.29 is 13.2 Å². The lowest BCUT2D eigenvalue weighted by Gasteiger charge is -2.19. The van der Waals surface area contributed by atoms with Crippen molar-refractivity contribution in [3.8, 4) is 24.7 Å². The van der Waals surface area contributed by atoms with Crippen molar-refractivity contribution in [2.45, 2.75) is 37.8 Å². The molecule has 1 aromatic carbocycles. The van der Waals surface area contributed by atoms with Gasteiger partial charge in [0, 0.05) is 17.8 Å². The van der Waals surface area contributed by atoms with Gasteiger partial charge in [-0.05, 0) is 19.8 Å². The second-order valence-corrected chi connectivity index (χ2v) is 7.37. The normalized spacial score (nSPS) is 15.3. The molecule has 0 radical (unpaired) electrons. The van der Waals surface area contributed by atoms with E-state index in [0.29, 0.717) is 29.6 Å². The monoisotopic (exact) mass is 422 g/mol. The SMILES string of the molecule is C#C[C@@H](Nc1nc(C)nc2cc(=O)n(C3(C#C)CC3)cc12)c1cccc(C(F)F)c1F. The maximum absolute atomic E-state index is 14.7. The molecule has 0 saturated heterocycles. The number of pyridine rings is 1. The van der Waals surface area contributed by atoms with E-state index in [0.717, 1.165) is 6.07 Å². The number of rotatable bonds is 5. The zero-order chi connectivity index (χ0) is 22.3. The van der Waals surface area contributed by atoms with Crippen LogP contribution in [0, 0.1) is 37.4 Å². The van der Waals surface area contributed by atoms with Crippen LogP contribution in [-0.2, 0) is 5.54 Å². The molecule has 1 aliphatic rings. The number of anilines is 1. The molecule has 0 spiro atoms. The summed E-state index contributed by atoms with van der Waals surface area (Å²) in [5.41, 5.74) is -1.46. The van der Waals surface area contributed by atoms with Crippen LogP contribution in [-0.4, -0.2) is 14.5 Å². The van der Waals surface area contributed by atoms with Gasteiger partial charge in [0.1, 0.15) is 29.0 Å². The minimum Gasteiger partial charge on any atom is -0.352 e. The Labute approximate surface area is 176 Å². The fourth-order valence-electron chi connectivity index (χ4n) is 3.54. The molecule has 0 amide bonds. The van der Waals surface area contributed by atoms with E-state index in [1.54, 1.807) is 13.1 Å². The van der Waals surface area contributed by atoms with Crippen molar-refractivity contribution in [1.82, 2.24) is 14.5 Å². The van der Waals surface area contributed by atoms with Crippen molar-refractivity contribution in [3.63, 3.8) is 0 Å². The molecule has 1 N–H and O–H groups in total. The van der Waals surface area contributed by atoms with Crippen LogP contribution in [0.5, 0.6) is 0 Å². The molecule has 0 unspecified atom stereocenters. The molecule has 4 rings (SSSR count). The third kappa shape index (κ3) is 3.51. The Morgan fingerprint density at radius 3 is 2.55 bits per heavy atom. The van der Waals surface area contributed by atoms with Gasteiger partial charge in [0.2, 0.25) is 0 Å². The second-order valence-electron chi connectivity index (χ2n) is 7.37. The van der Waals surface area contributed by atoms with E-state index >= 15 is 0 Å². The van der Waals surface area contributed by atoms with Crippen molar-refractivity contribution in [1.29, 1.82) is 0 Å². The number of benzene rings is 1. The maximum Gasteiger partial charge on any atom is 0.266 e. The highest BCUT2D eigenvalue weighted by atomic mass is 19.3. The Bertz CT molecular complexity index is 1330. The van der Waals surface area contributed by atoms with Crippen LogP contribution in [0.1, 0.15) is 42.3 Å². The number of nitrogens with zero attached hydrogens (tertiary/aromatic N) is 3. The molecule has 2 heterocycles. The predicted molar refractivity (Wildman–Crippen MR) is 111 cm³/mol. The lowest BCUT2D eigenvalue weighted by atomic mass is 10.0. The highest BCUT2D eigenvalue weighted by Crippen LogP contribution is 2.42. The number of aromatic nitrogens is 3. The summed E-state index contributed by atoms with van der Waals surface area (Å²) in [4.78, 5) is 21.2. The minimum absolute atomic E-state index is 0.111. The average molecular weight is 422 g/mol. The molecule has 1 saturated carbocycles. The van der Waals surface area contributed by atoms with Crippen LogP contribution in [0.4, 0.5) is 19.0 Å². The zero-order valence-electron chi connectivity index (χ0n) is 16.5. The number of hydrogen-bond donors (Lipinski definition) is 1. The maximum atomic E-state index is 14.7. The molecule has 1 aliphatic carbocycles. The first-order chi connectivity index (χ1) is 14.8. The molecule has 0 aliphatic heterocycles. The molecule has 1 fully saturated rings. The molecular formula is C23H17F3N4O. The Kier molecular flexibility index (Phi) is 4.94. The number of terminal acetylenes is 2. The highest BCUT2D eigenvalue weighted by molar-refractivity contribution is 5.88. The van der Waals surface area contributed by atoms with E-state index in [2.05, 4.69) is 27.1 Å². The summed E-state index contributed by atoms with van der Waals surface area (Å²) in [5.74, 6) is 4.55. The van der Waals surface area contributed by atoms with Crippen molar-refractivity contribution in [3.05, 3.63) is 63.6 Å². The van der Waals surface area contributed by atoms with Crippen molar-refractivity contribution in [2.24, 2.45) is 0 Å². The molecule has 5 nitrogen and oxygen atoms in total. The van der Waals surface area contributed by atoms with Gasteiger partial charge in [-0.1, -0.05) is 30.0 Å². The lowest BCUT2D eigenvalue weighted by Crippen LogP contribution is -2.28. The highest BCUT2D eigenvalue weighted by Gasteiger charge is 2.43. The standard InChI is InChI=1S/C23H17F3N4O/c1-4-17(14-7-6-8-15(20(14)24)21(25)26)29-22-16-12-30(23(5-2)9-10-23)19(31)11-18(16)27-13(3)28-22/h1-2,6-8,11-12,17,21H,9-10H2,3H3,(H,27,28,29)/t17-/m1/s1. The third-order valence-electron chi connectivity index (χ3n) is 5.35. The van der Waals surface area contributed by atoms with Gasteiger partial charge in [-0.2, -0.15) is 0 Å². The summed E-state index contributed by atoms with van der Waals surface area (Å²) in [6, 6.07) is 3.93. The van der Waals surface area contributed by atoms with Crippen LogP contribution in [0.2, 0.25) is 0 Å². The fraction of sp³-hybridized carbons (Fsp3) is 0.261. The van der Waals surface area contributed by atoms with E-state index in [1.165, 1.54) is 22.8 Å². The van der Waals surface area contributed by atoms with E-state index in [-0.39, 0.29) is 16.9 Å². The van der Waals surface area contributed by atoms with Crippen LogP contribution < -0.4 is 10.9 Å². The molecular weight excluding hydrogens is 405 g/mol. The molecule has 1 atom stereocenters. The molecule has 156 valence electrons. The van der Waals surface area contributed by atoms with Gasteiger partial charge in [0.25, 0.3) is 12.0 Å². The van der Waals surface area contributed by atoms with Crippen LogP contribution >= 0.6 is 0 Å². The van der Waals surface area contributed by atoms with E-state index in [4.69, 9.17) is 12.8 Å². The Morgan fingerprint density at radius 1 is 1.23 bits per heavy atom. The number of nitrogens with one attached hydrogen (secondary N) is 1. The smallest absolute Gasteiger partial charge is 0.266 e. The largest absolute Gasteiger partial charge is 0.352 e. The van der Waals surface area contributed by atoms with Gasteiger partial charge in [0.15, 0.2) is 0 Å². The van der Waals surface area contributed by atoms with Gasteiger partial charge in [0.05, 0.1) is 16.5 Å². The molecule has 0 bridgehead atoms. The van der Waals surface area contributed by atoms with Crippen molar-refractivity contribution >= 4 is 16.7 Å². The number of alkyl halides is 2. The van der Waals surface area contributed by atoms with Crippen LogP contribution in [0.25, 0.3) is 10.9 Å². The fourth-order valence-corrected chi connectivity index (χ4v) is 3.54. The predicted octanol–water partition coefficient (Wildman–Crippen LogP) is 4.09. The Hall–Kier alpha value is -3.78. The average Bonchev–Trinajstić information content (AvgIpc) is 3.52. The summed E-state index contributed by atoms with van der Waals surface area (Å²) in [6.45, 7) is 1.63. The van der Waals surface area contributed by atoms with Gasteiger partial charge < -0.3 is 5.32 Å². The van der Waals surface area contributed by atoms with Gasteiger partial charge in [-0.25, -0.2) is 23.1 Å². The Balaban J connectivity index is 1.84. The van der Waals surface area contributed by atoms with E-state index in [9.17, 15) is 18.0 Å². The molecule has 8 heteroatoms. The zero-order valence-corrected chi connectivity index (χ0v) is 16.5. The van der Waals surface area contributed by atoms with Gasteiger partial charge in [-0.15, -0.1) is 12.8 Å². The summed E-state index contributed by atoms with van der Waals surface area (Å²) >= 11 is 0. The summed E-state index contributed by atoms with van der Waals surface area (Å²) in [7, 11) is 0.